The van der Waals surface area contributed by atoms with Gasteiger partial charge in [0.1, 0.15) is 6.04 Å². The summed E-state index contributed by atoms with van der Waals surface area (Å²) in [6, 6.07) is 8.95. The first-order valence-electron chi connectivity index (χ1n) is 12.1. The molecule has 2 saturated heterocycles. The van der Waals surface area contributed by atoms with Crippen molar-refractivity contribution < 1.29 is 0 Å². The summed E-state index contributed by atoms with van der Waals surface area (Å²) < 4.78 is 2.03. The number of aromatic amines is 1. The molecule has 0 amide bonds. The van der Waals surface area contributed by atoms with Crippen LogP contribution in [0.2, 0.25) is 0 Å². The first-order valence-corrected chi connectivity index (χ1v) is 12.1. The first kappa shape index (κ1) is 20.1. The Bertz CT molecular complexity index is 1180. The van der Waals surface area contributed by atoms with Crippen LogP contribution in [0.1, 0.15) is 67.6 Å². The van der Waals surface area contributed by atoms with Gasteiger partial charge in [-0.2, -0.15) is 0 Å². The van der Waals surface area contributed by atoms with Gasteiger partial charge in [0.25, 0.3) is 5.56 Å². The molecule has 2 atom stereocenters. The number of rotatable bonds is 4. The third-order valence-electron chi connectivity index (χ3n) is 7.74. The van der Waals surface area contributed by atoms with E-state index in [9.17, 15) is 4.79 Å². The maximum atomic E-state index is 13.4. The molecule has 1 aliphatic carbocycles. The number of nitrogens with zero attached hydrogens (tertiary/aromatic N) is 6. The molecule has 0 radical (unpaired) electrons. The molecule has 3 aromatic rings. The highest BCUT2D eigenvalue weighted by Gasteiger charge is 2.38. The summed E-state index contributed by atoms with van der Waals surface area (Å²) in [4.78, 5) is 21.6. The Labute approximate surface area is 187 Å². The zero-order valence-corrected chi connectivity index (χ0v) is 18.7. The predicted octanol–water partition coefficient (Wildman–Crippen LogP) is 2.81. The van der Waals surface area contributed by atoms with E-state index in [4.69, 9.17) is 0 Å². The first-order chi connectivity index (χ1) is 15.7. The van der Waals surface area contributed by atoms with Crippen LogP contribution < -0.4 is 5.56 Å². The van der Waals surface area contributed by atoms with E-state index in [1.165, 1.54) is 32.2 Å². The number of H-pyrrole nitrogens is 1. The van der Waals surface area contributed by atoms with Crippen molar-refractivity contribution in [1.82, 2.24) is 35.0 Å². The van der Waals surface area contributed by atoms with Gasteiger partial charge in [0, 0.05) is 36.8 Å². The number of aryl methyl sites for hydroxylation is 1. The molecule has 6 rings (SSSR count). The maximum Gasteiger partial charge on any atom is 0.253 e. The van der Waals surface area contributed by atoms with Gasteiger partial charge in [-0.25, -0.2) is 4.68 Å². The summed E-state index contributed by atoms with van der Waals surface area (Å²) in [5, 5.41) is 14.1. The molecule has 0 unspecified atom stereocenters. The van der Waals surface area contributed by atoms with Crippen LogP contribution in [0.25, 0.3) is 10.9 Å². The Balaban J connectivity index is 1.47. The molecular formula is C24H31N7O. The highest BCUT2D eigenvalue weighted by molar-refractivity contribution is 5.79. The van der Waals surface area contributed by atoms with Crippen molar-refractivity contribution in [3.63, 3.8) is 0 Å². The van der Waals surface area contributed by atoms with Crippen LogP contribution in [0.15, 0.2) is 29.1 Å². The summed E-state index contributed by atoms with van der Waals surface area (Å²) in [5.41, 5.74) is 2.73. The number of pyridine rings is 1. The second-order valence-corrected chi connectivity index (χ2v) is 9.79. The lowest BCUT2D eigenvalue weighted by atomic mass is 10.0. The summed E-state index contributed by atoms with van der Waals surface area (Å²) >= 11 is 0. The number of aromatic nitrogens is 5. The standard InChI is InChI=1S/C24H31N7O/c1-16-8-9-17-14-20(24(32)25-21(17)13-16)22(30-12-11-29-10-4-7-19(29)15-30)23-26-27-28-31(23)18-5-2-3-6-18/h8-9,13-14,18-19,22H,2-7,10-12,15H2,1H3,(H,25,32)/t19-,22-/m0/s1. The van der Waals surface area contributed by atoms with E-state index in [0.29, 0.717) is 12.1 Å². The van der Waals surface area contributed by atoms with Gasteiger partial charge in [-0.05, 0) is 72.7 Å². The molecule has 1 aromatic carbocycles. The van der Waals surface area contributed by atoms with Gasteiger partial charge in [0.15, 0.2) is 5.82 Å². The highest BCUT2D eigenvalue weighted by Crippen LogP contribution is 2.35. The molecule has 168 valence electrons. The summed E-state index contributed by atoms with van der Waals surface area (Å²) in [5.74, 6) is 0.820. The molecule has 32 heavy (non-hydrogen) atoms. The fourth-order valence-corrected chi connectivity index (χ4v) is 6.07. The van der Waals surface area contributed by atoms with E-state index < -0.39 is 0 Å². The molecule has 3 fully saturated rings. The minimum absolute atomic E-state index is 0.0390. The fraction of sp³-hybridized carbons (Fsp3) is 0.583. The van der Waals surface area contributed by atoms with Crippen molar-refractivity contribution in [3.05, 3.63) is 51.6 Å². The van der Waals surface area contributed by atoms with Crippen LogP contribution in [0.5, 0.6) is 0 Å². The average Bonchev–Trinajstić information content (AvgIpc) is 3.55. The molecule has 8 heteroatoms. The Morgan fingerprint density at radius 1 is 1.03 bits per heavy atom. The largest absolute Gasteiger partial charge is 0.322 e. The smallest absolute Gasteiger partial charge is 0.253 e. The van der Waals surface area contributed by atoms with E-state index >= 15 is 0 Å². The number of tetrazole rings is 1. The fourth-order valence-electron chi connectivity index (χ4n) is 6.07. The van der Waals surface area contributed by atoms with Crippen molar-refractivity contribution in [1.29, 1.82) is 0 Å². The quantitative estimate of drug-likeness (QED) is 0.681. The minimum Gasteiger partial charge on any atom is -0.322 e. The van der Waals surface area contributed by atoms with Crippen molar-refractivity contribution >= 4 is 10.9 Å². The Morgan fingerprint density at radius 2 is 1.88 bits per heavy atom. The second kappa shape index (κ2) is 8.08. The molecular weight excluding hydrogens is 402 g/mol. The lowest BCUT2D eigenvalue weighted by molar-refractivity contribution is 0.0783. The topological polar surface area (TPSA) is 82.9 Å². The van der Waals surface area contributed by atoms with E-state index in [0.717, 1.165) is 60.3 Å². The zero-order valence-electron chi connectivity index (χ0n) is 18.7. The van der Waals surface area contributed by atoms with E-state index in [1.807, 2.05) is 17.7 Å². The van der Waals surface area contributed by atoms with Gasteiger partial charge in [-0.1, -0.05) is 25.0 Å². The van der Waals surface area contributed by atoms with Gasteiger partial charge >= 0.3 is 0 Å². The van der Waals surface area contributed by atoms with Crippen LogP contribution in [-0.4, -0.2) is 67.2 Å². The molecule has 0 bridgehead atoms. The normalized spacial score (nSPS) is 23.7. The maximum absolute atomic E-state index is 13.4. The molecule has 2 aliphatic heterocycles. The van der Waals surface area contributed by atoms with Gasteiger partial charge in [-0.3, -0.25) is 14.6 Å². The van der Waals surface area contributed by atoms with Crippen molar-refractivity contribution in [2.24, 2.45) is 0 Å². The number of piperazine rings is 1. The number of fused-ring (bicyclic) bond motifs is 2. The molecule has 8 nitrogen and oxygen atoms in total. The summed E-state index contributed by atoms with van der Waals surface area (Å²) in [6.45, 7) is 6.15. The number of hydrogen-bond acceptors (Lipinski definition) is 6. The van der Waals surface area contributed by atoms with Crippen LogP contribution in [-0.2, 0) is 0 Å². The lowest BCUT2D eigenvalue weighted by Crippen LogP contribution is -2.52. The Morgan fingerprint density at radius 3 is 2.75 bits per heavy atom. The van der Waals surface area contributed by atoms with Crippen molar-refractivity contribution in [2.75, 3.05) is 26.2 Å². The van der Waals surface area contributed by atoms with Crippen molar-refractivity contribution in [3.8, 4) is 0 Å². The molecule has 4 heterocycles. The van der Waals surface area contributed by atoms with Crippen LogP contribution in [0.4, 0.5) is 0 Å². The predicted molar refractivity (Wildman–Crippen MR) is 123 cm³/mol. The third kappa shape index (κ3) is 3.46. The monoisotopic (exact) mass is 433 g/mol. The van der Waals surface area contributed by atoms with Gasteiger partial charge in [0.2, 0.25) is 0 Å². The summed E-state index contributed by atoms with van der Waals surface area (Å²) in [7, 11) is 0. The van der Waals surface area contributed by atoms with Gasteiger partial charge in [0.05, 0.1) is 6.04 Å². The zero-order chi connectivity index (χ0) is 21.7. The average molecular weight is 434 g/mol. The Hall–Kier alpha value is -2.58. The van der Waals surface area contributed by atoms with Gasteiger partial charge in [-0.15, -0.1) is 5.10 Å². The van der Waals surface area contributed by atoms with Crippen molar-refractivity contribution in [2.45, 2.75) is 63.6 Å². The Kier molecular flexibility index (Phi) is 5.07. The molecule has 3 aliphatic rings. The highest BCUT2D eigenvalue weighted by atomic mass is 16.1. The van der Waals surface area contributed by atoms with Gasteiger partial charge < -0.3 is 4.98 Å². The number of nitrogens with one attached hydrogen (secondary N) is 1. The van der Waals surface area contributed by atoms with Crippen LogP contribution in [0, 0.1) is 6.92 Å². The summed E-state index contributed by atoms with van der Waals surface area (Å²) in [6.07, 6.45) is 7.13. The lowest BCUT2D eigenvalue weighted by Gasteiger charge is -2.41. The SMILES string of the molecule is Cc1ccc2cc([C@@H](c3nnnn3C3CCCC3)N3CCN4CCC[C@H]4C3)c(=O)[nH]c2c1. The second-order valence-electron chi connectivity index (χ2n) is 9.79. The number of hydrogen-bond donors (Lipinski definition) is 1. The van der Waals surface area contributed by atoms with E-state index in [1.54, 1.807) is 0 Å². The van der Waals surface area contributed by atoms with E-state index in [-0.39, 0.29) is 11.6 Å². The molecule has 1 saturated carbocycles. The van der Waals surface area contributed by atoms with Crippen LogP contribution >= 0.6 is 0 Å². The van der Waals surface area contributed by atoms with E-state index in [2.05, 4.69) is 48.5 Å². The molecule has 0 spiro atoms. The third-order valence-corrected chi connectivity index (χ3v) is 7.74. The van der Waals surface area contributed by atoms with Crippen LogP contribution in [0.3, 0.4) is 0 Å². The molecule has 1 N–H and O–H groups in total. The minimum atomic E-state index is -0.234. The molecule has 2 aromatic heterocycles. The number of benzene rings is 1.